The van der Waals surface area contributed by atoms with E-state index in [0.717, 1.165) is 24.5 Å². The summed E-state index contributed by atoms with van der Waals surface area (Å²) in [5, 5.41) is 12.9. The molecule has 0 bridgehead atoms. The zero-order chi connectivity index (χ0) is 12.4. The van der Waals surface area contributed by atoms with E-state index >= 15 is 0 Å². The molecule has 0 spiro atoms. The van der Waals surface area contributed by atoms with Crippen LogP contribution in [0.15, 0.2) is 36.7 Å². The van der Waals surface area contributed by atoms with Gasteiger partial charge in [0.1, 0.15) is 11.6 Å². The van der Waals surface area contributed by atoms with Crippen LogP contribution in [-0.2, 0) is 13.1 Å². The number of imidazole rings is 1. The summed E-state index contributed by atoms with van der Waals surface area (Å²) in [6, 6.07) is 8.04. The summed E-state index contributed by atoms with van der Waals surface area (Å²) in [6.45, 7) is 1.56. The second kappa shape index (κ2) is 4.82. The lowest BCUT2D eigenvalue weighted by Gasteiger charge is -2.09. The Balaban J connectivity index is 1.69. The van der Waals surface area contributed by atoms with Crippen molar-refractivity contribution in [1.82, 2.24) is 14.9 Å². The van der Waals surface area contributed by atoms with E-state index in [9.17, 15) is 5.11 Å². The molecule has 3 rings (SSSR count). The van der Waals surface area contributed by atoms with Gasteiger partial charge < -0.3 is 15.0 Å². The summed E-state index contributed by atoms with van der Waals surface area (Å²) in [4.78, 5) is 4.37. The number of hydrogen-bond acceptors (Lipinski definition) is 3. The third kappa shape index (κ3) is 2.71. The monoisotopic (exact) mass is 243 g/mol. The van der Waals surface area contributed by atoms with Gasteiger partial charge in [-0.25, -0.2) is 4.98 Å². The van der Waals surface area contributed by atoms with Crippen LogP contribution in [0.5, 0.6) is 5.75 Å². The Morgan fingerprint density at radius 2 is 2.28 bits per heavy atom. The van der Waals surface area contributed by atoms with Crippen LogP contribution in [-0.4, -0.2) is 20.7 Å². The molecule has 1 aliphatic rings. The van der Waals surface area contributed by atoms with Gasteiger partial charge >= 0.3 is 0 Å². The van der Waals surface area contributed by atoms with Gasteiger partial charge in [0.05, 0.1) is 6.54 Å². The first-order chi connectivity index (χ1) is 8.81. The van der Waals surface area contributed by atoms with Crippen molar-refractivity contribution in [3.05, 3.63) is 48.0 Å². The van der Waals surface area contributed by atoms with Crippen molar-refractivity contribution in [2.75, 3.05) is 0 Å². The Morgan fingerprint density at radius 1 is 1.39 bits per heavy atom. The largest absolute Gasteiger partial charge is 0.508 e. The van der Waals surface area contributed by atoms with Crippen molar-refractivity contribution >= 4 is 0 Å². The molecule has 94 valence electrons. The van der Waals surface area contributed by atoms with Gasteiger partial charge in [-0.3, -0.25) is 0 Å². The van der Waals surface area contributed by atoms with Crippen molar-refractivity contribution in [3.63, 3.8) is 0 Å². The standard InChI is InChI=1S/C14H17N3O/c18-13-3-1-2-11(8-13)10-17-7-6-15-14(17)9-16-12-4-5-12/h1-3,6-8,12,16,18H,4-5,9-10H2. The fourth-order valence-corrected chi connectivity index (χ4v) is 2.03. The highest BCUT2D eigenvalue weighted by Gasteiger charge is 2.20. The maximum absolute atomic E-state index is 9.46. The highest BCUT2D eigenvalue weighted by atomic mass is 16.3. The van der Waals surface area contributed by atoms with E-state index in [4.69, 9.17) is 0 Å². The van der Waals surface area contributed by atoms with Gasteiger partial charge in [-0.05, 0) is 30.5 Å². The molecule has 1 aliphatic carbocycles. The third-order valence-electron chi connectivity index (χ3n) is 3.19. The summed E-state index contributed by atoms with van der Waals surface area (Å²) >= 11 is 0. The number of aromatic hydroxyl groups is 1. The molecule has 0 aliphatic heterocycles. The van der Waals surface area contributed by atoms with E-state index in [0.29, 0.717) is 11.8 Å². The second-order valence-corrected chi connectivity index (χ2v) is 4.80. The predicted octanol–water partition coefficient (Wildman–Crippen LogP) is 1.89. The number of phenolic OH excluding ortho intramolecular Hbond substituents is 1. The first-order valence-electron chi connectivity index (χ1n) is 6.32. The number of hydrogen-bond donors (Lipinski definition) is 2. The molecule has 1 fully saturated rings. The van der Waals surface area contributed by atoms with Gasteiger partial charge in [0.25, 0.3) is 0 Å². The molecule has 0 unspecified atom stereocenters. The fourth-order valence-electron chi connectivity index (χ4n) is 2.03. The lowest BCUT2D eigenvalue weighted by molar-refractivity contribution is 0.474. The number of nitrogens with one attached hydrogen (secondary N) is 1. The van der Waals surface area contributed by atoms with Crippen molar-refractivity contribution in [2.24, 2.45) is 0 Å². The Morgan fingerprint density at radius 3 is 3.06 bits per heavy atom. The number of nitrogens with zero attached hydrogens (tertiary/aromatic N) is 2. The van der Waals surface area contributed by atoms with Gasteiger partial charge in [-0.15, -0.1) is 0 Å². The van der Waals surface area contributed by atoms with E-state index in [2.05, 4.69) is 14.9 Å². The van der Waals surface area contributed by atoms with E-state index in [1.165, 1.54) is 12.8 Å². The highest BCUT2D eigenvalue weighted by Crippen LogP contribution is 2.19. The molecule has 1 aromatic heterocycles. The maximum Gasteiger partial charge on any atom is 0.122 e. The molecule has 0 atom stereocenters. The van der Waals surface area contributed by atoms with Gasteiger partial charge in [0.15, 0.2) is 0 Å². The lowest BCUT2D eigenvalue weighted by atomic mass is 10.2. The summed E-state index contributed by atoms with van der Waals surface area (Å²) < 4.78 is 2.12. The molecule has 1 saturated carbocycles. The van der Waals surface area contributed by atoms with Gasteiger partial charge in [-0.1, -0.05) is 12.1 Å². The molecule has 4 nitrogen and oxygen atoms in total. The minimum atomic E-state index is 0.310. The molecule has 2 aromatic rings. The van der Waals surface area contributed by atoms with Crippen molar-refractivity contribution in [2.45, 2.75) is 32.0 Å². The van der Waals surface area contributed by atoms with Crippen LogP contribution in [0.2, 0.25) is 0 Å². The van der Waals surface area contributed by atoms with Crippen LogP contribution in [0, 0.1) is 0 Å². The highest BCUT2D eigenvalue weighted by molar-refractivity contribution is 5.27. The molecule has 2 N–H and O–H groups in total. The van der Waals surface area contributed by atoms with Crippen LogP contribution >= 0.6 is 0 Å². The van der Waals surface area contributed by atoms with Gasteiger partial charge in [0.2, 0.25) is 0 Å². The predicted molar refractivity (Wildman–Crippen MR) is 69.3 cm³/mol. The van der Waals surface area contributed by atoms with Gasteiger partial charge in [0, 0.05) is 25.0 Å². The minimum Gasteiger partial charge on any atom is -0.508 e. The van der Waals surface area contributed by atoms with Crippen LogP contribution in [0.4, 0.5) is 0 Å². The molecule has 0 radical (unpaired) electrons. The van der Waals surface area contributed by atoms with Crippen LogP contribution in [0.1, 0.15) is 24.2 Å². The van der Waals surface area contributed by atoms with E-state index in [-0.39, 0.29) is 0 Å². The Labute approximate surface area is 106 Å². The zero-order valence-electron chi connectivity index (χ0n) is 10.2. The first kappa shape index (κ1) is 11.3. The summed E-state index contributed by atoms with van der Waals surface area (Å²) in [6.07, 6.45) is 6.38. The Bertz CT molecular complexity index is 531. The minimum absolute atomic E-state index is 0.310. The molecule has 18 heavy (non-hydrogen) atoms. The third-order valence-corrected chi connectivity index (χ3v) is 3.19. The quantitative estimate of drug-likeness (QED) is 0.843. The first-order valence-corrected chi connectivity index (χ1v) is 6.32. The van der Waals surface area contributed by atoms with Crippen LogP contribution < -0.4 is 5.32 Å². The lowest BCUT2D eigenvalue weighted by Crippen LogP contribution is -2.19. The van der Waals surface area contributed by atoms with Crippen LogP contribution in [0.3, 0.4) is 0 Å². The summed E-state index contributed by atoms with van der Waals surface area (Å²) in [7, 11) is 0. The zero-order valence-corrected chi connectivity index (χ0v) is 10.2. The van der Waals surface area contributed by atoms with Crippen molar-refractivity contribution < 1.29 is 5.11 Å². The summed E-state index contributed by atoms with van der Waals surface area (Å²) in [5.41, 5.74) is 1.08. The van der Waals surface area contributed by atoms with E-state index in [1.54, 1.807) is 12.1 Å². The van der Waals surface area contributed by atoms with Gasteiger partial charge in [-0.2, -0.15) is 0 Å². The molecule has 0 saturated heterocycles. The molecule has 1 aromatic carbocycles. The Kier molecular flexibility index (Phi) is 3.02. The number of aromatic nitrogens is 2. The van der Waals surface area contributed by atoms with E-state index in [1.807, 2.05) is 24.5 Å². The van der Waals surface area contributed by atoms with Crippen molar-refractivity contribution in [3.8, 4) is 5.75 Å². The summed E-state index contributed by atoms with van der Waals surface area (Å²) in [5.74, 6) is 1.36. The molecule has 4 heteroatoms. The average Bonchev–Trinajstić information content (AvgIpc) is 3.08. The SMILES string of the molecule is Oc1cccc(Cn2ccnc2CNC2CC2)c1. The molecule has 1 heterocycles. The topological polar surface area (TPSA) is 50.1 Å². The van der Waals surface area contributed by atoms with Crippen molar-refractivity contribution in [1.29, 1.82) is 0 Å². The fraction of sp³-hybridized carbons (Fsp3) is 0.357. The molecular formula is C14H17N3O. The Hall–Kier alpha value is -1.81. The average molecular weight is 243 g/mol. The van der Waals surface area contributed by atoms with Crippen LogP contribution in [0.25, 0.3) is 0 Å². The number of benzene rings is 1. The second-order valence-electron chi connectivity index (χ2n) is 4.80. The van der Waals surface area contributed by atoms with E-state index < -0.39 is 0 Å². The number of rotatable bonds is 5. The molecule has 0 amide bonds. The maximum atomic E-state index is 9.46. The molecular weight excluding hydrogens is 226 g/mol. The smallest absolute Gasteiger partial charge is 0.122 e. The number of phenols is 1. The normalized spacial score (nSPS) is 14.9.